The van der Waals surface area contributed by atoms with E-state index in [1.165, 1.54) is 10.9 Å². The quantitative estimate of drug-likeness (QED) is 0.418. The predicted octanol–water partition coefficient (Wildman–Crippen LogP) is 5.05. The first-order valence-corrected chi connectivity index (χ1v) is 9.51. The fraction of sp³-hybridized carbons (Fsp3) is 0. The molecule has 7 heteroatoms. The fourth-order valence-electron chi connectivity index (χ4n) is 3.20. The van der Waals surface area contributed by atoms with Crippen molar-refractivity contribution >= 4 is 39.7 Å². The molecule has 0 atom stereocenters. The lowest BCUT2D eigenvalue weighted by atomic mass is 10.2. The normalized spacial score (nSPS) is 11.6. The smallest absolute Gasteiger partial charge is 0.282 e. The number of furan rings is 1. The van der Waals surface area contributed by atoms with Gasteiger partial charge in [-0.1, -0.05) is 23.7 Å². The highest BCUT2D eigenvalue weighted by atomic mass is 35.5. The van der Waals surface area contributed by atoms with Gasteiger partial charge < -0.3 is 9.52 Å². The average Bonchev–Trinajstić information content (AvgIpc) is 3.17. The molecule has 6 nitrogen and oxygen atoms in total. The zero-order valence-corrected chi connectivity index (χ0v) is 16.2. The maximum absolute atomic E-state index is 13.2. The highest BCUT2D eigenvalue weighted by molar-refractivity contribution is 6.31. The standard InChI is InChI=1S/C23H14ClN3O3/c24-16-7-10-20-15(11-16)12-21(30-20)22-26-19-4-2-1-3-18(19)23(29)27(22)25-13-14-5-8-17(28)9-6-14/h1-13,28H. The lowest BCUT2D eigenvalue weighted by molar-refractivity contribution is 0.475. The molecule has 0 bridgehead atoms. The number of hydrogen-bond acceptors (Lipinski definition) is 5. The molecule has 0 saturated carbocycles. The van der Waals surface area contributed by atoms with Gasteiger partial charge in [0, 0.05) is 10.4 Å². The van der Waals surface area contributed by atoms with Crippen molar-refractivity contribution in [1.82, 2.24) is 9.66 Å². The van der Waals surface area contributed by atoms with Crippen molar-refractivity contribution in [3.63, 3.8) is 0 Å². The number of para-hydroxylation sites is 1. The van der Waals surface area contributed by atoms with Crippen LogP contribution in [0.2, 0.25) is 5.02 Å². The number of nitrogens with zero attached hydrogens (tertiary/aromatic N) is 3. The van der Waals surface area contributed by atoms with E-state index in [0.717, 1.165) is 10.9 Å². The van der Waals surface area contributed by atoms with Crippen LogP contribution in [0.4, 0.5) is 0 Å². The molecular formula is C23H14ClN3O3. The molecule has 0 radical (unpaired) electrons. The molecule has 3 aromatic carbocycles. The van der Waals surface area contributed by atoms with Gasteiger partial charge in [0.1, 0.15) is 11.3 Å². The van der Waals surface area contributed by atoms with E-state index in [0.29, 0.717) is 27.3 Å². The number of halogens is 1. The topological polar surface area (TPSA) is 80.6 Å². The van der Waals surface area contributed by atoms with E-state index in [9.17, 15) is 9.90 Å². The van der Waals surface area contributed by atoms with Gasteiger partial charge in [0.2, 0.25) is 5.82 Å². The van der Waals surface area contributed by atoms with Crippen molar-refractivity contribution in [3.8, 4) is 17.3 Å². The van der Waals surface area contributed by atoms with E-state index in [1.807, 2.05) is 6.07 Å². The van der Waals surface area contributed by atoms with Gasteiger partial charge in [0.15, 0.2) is 5.76 Å². The van der Waals surface area contributed by atoms with Gasteiger partial charge in [0.25, 0.3) is 5.56 Å². The number of aromatic nitrogens is 2. The van der Waals surface area contributed by atoms with Crippen molar-refractivity contribution in [1.29, 1.82) is 0 Å². The molecule has 1 N–H and O–H groups in total. The van der Waals surface area contributed by atoms with Crippen LogP contribution in [-0.2, 0) is 0 Å². The average molecular weight is 416 g/mol. The molecule has 0 aliphatic carbocycles. The summed E-state index contributed by atoms with van der Waals surface area (Å²) in [6.45, 7) is 0. The number of rotatable bonds is 3. The predicted molar refractivity (Wildman–Crippen MR) is 117 cm³/mol. The first kappa shape index (κ1) is 18.1. The van der Waals surface area contributed by atoms with Crippen molar-refractivity contribution in [2.24, 2.45) is 5.10 Å². The van der Waals surface area contributed by atoms with Gasteiger partial charge in [0.05, 0.1) is 17.1 Å². The number of fused-ring (bicyclic) bond motifs is 2. The minimum atomic E-state index is -0.316. The van der Waals surface area contributed by atoms with Crippen molar-refractivity contribution in [2.75, 3.05) is 0 Å². The van der Waals surface area contributed by atoms with E-state index < -0.39 is 0 Å². The van der Waals surface area contributed by atoms with Gasteiger partial charge in [-0.2, -0.15) is 9.78 Å². The Bertz CT molecular complexity index is 1480. The molecule has 0 aliphatic heterocycles. The number of benzene rings is 3. The van der Waals surface area contributed by atoms with Gasteiger partial charge in [-0.3, -0.25) is 4.79 Å². The summed E-state index contributed by atoms with van der Waals surface area (Å²) >= 11 is 6.08. The molecule has 0 spiro atoms. The minimum Gasteiger partial charge on any atom is -0.508 e. The molecule has 5 aromatic rings. The second-order valence-corrected chi connectivity index (χ2v) is 7.13. The zero-order valence-electron chi connectivity index (χ0n) is 15.5. The summed E-state index contributed by atoms with van der Waals surface area (Å²) in [6.07, 6.45) is 1.53. The minimum absolute atomic E-state index is 0.151. The Kier molecular flexibility index (Phi) is 4.34. The molecule has 0 unspecified atom stereocenters. The van der Waals surface area contributed by atoms with E-state index >= 15 is 0 Å². The summed E-state index contributed by atoms with van der Waals surface area (Å²) in [5.74, 6) is 0.831. The van der Waals surface area contributed by atoms with E-state index in [4.69, 9.17) is 16.0 Å². The van der Waals surface area contributed by atoms with Crippen LogP contribution in [-0.4, -0.2) is 21.0 Å². The van der Waals surface area contributed by atoms with Crippen LogP contribution >= 0.6 is 11.6 Å². The largest absolute Gasteiger partial charge is 0.508 e. The molecule has 0 fully saturated rings. The summed E-state index contributed by atoms with van der Waals surface area (Å²) in [7, 11) is 0. The third-order valence-corrected chi connectivity index (χ3v) is 4.90. The summed E-state index contributed by atoms with van der Waals surface area (Å²) < 4.78 is 7.15. The van der Waals surface area contributed by atoms with Crippen LogP contribution in [0.1, 0.15) is 5.56 Å². The molecule has 0 saturated heterocycles. The molecule has 146 valence electrons. The molecular weight excluding hydrogens is 402 g/mol. The third kappa shape index (κ3) is 3.23. The van der Waals surface area contributed by atoms with Crippen molar-refractivity contribution in [2.45, 2.75) is 0 Å². The summed E-state index contributed by atoms with van der Waals surface area (Å²) in [6, 6.07) is 20.6. The maximum Gasteiger partial charge on any atom is 0.282 e. The van der Waals surface area contributed by atoms with Crippen LogP contribution in [0.15, 0.2) is 87.1 Å². The Balaban J connectivity index is 1.73. The molecule has 0 aliphatic rings. The summed E-state index contributed by atoms with van der Waals surface area (Å²) in [5.41, 5.74) is 1.58. The van der Waals surface area contributed by atoms with Crippen LogP contribution in [0.25, 0.3) is 33.5 Å². The molecule has 2 heterocycles. The Morgan fingerprint density at radius 2 is 1.83 bits per heavy atom. The van der Waals surface area contributed by atoms with E-state index in [2.05, 4.69) is 10.1 Å². The first-order valence-electron chi connectivity index (χ1n) is 9.13. The fourth-order valence-corrected chi connectivity index (χ4v) is 3.38. The molecule has 30 heavy (non-hydrogen) atoms. The van der Waals surface area contributed by atoms with Crippen LogP contribution in [0, 0.1) is 0 Å². The van der Waals surface area contributed by atoms with Crippen molar-refractivity contribution < 1.29 is 9.52 Å². The Hall–Kier alpha value is -3.90. The first-order chi connectivity index (χ1) is 14.6. The number of phenolic OH excluding ortho intramolecular Hbond substituents is 1. The number of hydrogen-bond donors (Lipinski definition) is 1. The summed E-state index contributed by atoms with van der Waals surface area (Å²) in [5, 5.41) is 15.7. The lowest BCUT2D eigenvalue weighted by Gasteiger charge is -2.07. The highest BCUT2D eigenvalue weighted by Crippen LogP contribution is 2.29. The van der Waals surface area contributed by atoms with Gasteiger partial charge >= 0.3 is 0 Å². The molecule has 0 amide bonds. The van der Waals surface area contributed by atoms with E-state index in [1.54, 1.807) is 66.7 Å². The Labute approximate surface area is 175 Å². The Morgan fingerprint density at radius 1 is 1.03 bits per heavy atom. The number of phenols is 1. The van der Waals surface area contributed by atoms with Crippen LogP contribution in [0.3, 0.4) is 0 Å². The SMILES string of the molecule is O=c1c2ccccc2nc(-c2cc3cc(Cl)ccc3o2)n1N=Cc1ccc(O)cc1. The second kappa shape index (κ2) is 7.17. The van der Waals surface area contributed by atoms with Gasteiger partial charge in [-0.15, -0.1) is 0 Å². The highest BCUT2D eigenvalue weighted by Gasteiger charge is 2.16. The molecule has 5 rings (SSSR count). The van der Waals surface area contributed by atoms with Crippen LogP contribution < -0.4 is 5.56 Å². The summed E-state index contributed by atoms with van der Waals surface area (Å²) in [4.78, 5) is 17.8. The zero-order chi connectivity index (χ0) is 20.7. The van der Waals surface area contributed by atoms with Crippen LogP contribution in [0.5, 0.6) is 5.75 Å². The second-order valence-electron chi connectivity index (χ2n) is 6.70. The number of aromatic hydroxyl groups is 1. The molecule has 2 aromatic heterocycles. The van der Waals surface area contributed by atoms with Gasteiger partial charge in [-0.25, -0.2) is 4.98 Å². The van der Waals surface area contributed by atoms with E-state index in [-0.39, 0.29) is 17.1 Å². The lowest BCUT2D eigenvalue weighted by Crippen LogP contribution is -2.20. The maximum atomic E-state index is 13.2. The Morgan fingerprint density at radius 3 is 2.67 bits per heavy atom. The third-order valence-electron chi connectivity index (χ3n) is 4.67. The van der Waals surface area contributed by atoms with Gasteiger partial charge in [-0.05, 0) is 66.2 Å². The van der Waals surface area contributed by atoms with Crippen molar-refractivity contribution in [3.05, 3.63) is 93.7 Å². The monoisotopic (exact) mass is 415 g/mol.